The Hall–Kier alpha value is -1.65. The molecule has 0 spiro atoms. The minimum absolute atomic E-state index is 0.0124. The zero-order valence-corrected chi connectivity index (χ0v) is 10.4. The summed E-state index contributed by atoms with van der Waals surface area (Å²) in [5.74, 6) is -0.113. The van der Waals surface area contributed by atoms with Gasteiger partial charge in [0.25, 0.3) is 0 Å². The van der Waals surface area contributed by atoms with Gasteiger partial charge in [-0.1, -0.05) is 12.8 Å². The van der Waals surface area contributed by atoms with Crippen LogP contribution in [0.5, 0.6) is 0 Å². The Labute approximate surface area is 106 Å². The molecule has 2 heterocycles. The molecule has 18 heavy (non-hydrogen) atoms. The van der Waals surface area contributed by atoms with Gasteiger partial charge in [0.05, 0.1) is 24.1 Å². The maximum atomic E-state index is 12.4. The van der Waals surface area contributed by atoms with Crippen molar-refractivity contribution in [1.82, 2.24) is 15.1 Å². The third-order valence-electron chi connectivity index (χ3n) is 4.26. The van der Waals surface area contributed by atoms with E-state index in [0.29, 0.717) is 0 Å². The van der Waals surface area contributed by atoms with Crippen LogP contribution in [0.3, 0.4) is 0 Å². The monoisotopic (exact) mass is 247 g/mol. The van der Waals surface area contributed by atoms with E-state index in [4.69, 9.17) is 0 Å². The van der Waals surface area contributed by atoms with Gasteiger partial charge in [0.1, 0.15) is 0 Å². The van der Waals surface area contributed by atoms with Crippen molar-refractivity contribution in [3.8, 4) is 0 Å². The molecule has 0 radical (unpaired) electrons. The number of hydrogen-bond acceptors (Lipinski definition) is 3. The lowest BCUT2D eigenvalue weighted by Gasteiger charge is -2.21. The minimum atomic E-state index is -0.214. The van der Waals surface area contributed by atoms with Gasteiger partial charge in [-0.2, -0.15) is 5.10 Å². The third kappa shape index (κ3) is 1.57. The van der Waals surface area contributed by atoms with Crippen LogP contribution in [0.25, 0.3) is 0 Å². The minimum Gasteiger partial charge on any atom is -0.285 e. The molecule has 1 aliphatic carbocycles. The van der Waals surface area contributed by atoms with Gasteiger partial charge in [0.15, 0.2) is 0 Å². The molecular formula is C13H17N3O2. The van der Waals surface area contributed by atoms with Crippen molar-refractivity contribution >= 4 is 11.8 Å². The fraction of sp³-hybridized carbons (Fsp3) is 0.615. The first-order valence-electron chi connectivity index (χ1n) is 6.55. The molecule has 0 aromatic carbocycles. The first kappa shape index (κ1) is 11.4. The highest BCUT2D eigenvalue weighted by Crippen LogP contribution is 2.41. The Bertz CT molecular complexity index is 445. The number of carbonyl (C=O) groups excluding carboxylic acids is 2. The van der Waals surface area contributed by atoms with E-state index in [0.717, 1.165) is 31.2 Å². The molecule has 5 heteroatoms. The van der Waals surface area contributed by atoms with Crippen molar-refractivity contribution in [3.05, 3.63) is 18.0 Å². The summed E-state index contributed by atoms with van der Waals surface area (Å²) in [4.78, 5) is 26.2. The number of imide groups is 1. The second-order valence-corrected chi connectivity index (χ2v) is 5.25. The zero-order chi connectivity index (χ0) is 12.7. The van der Waals surface area contributed by atoms with E-state index in [9.17, 15) is 9.59 Å². The highest BCUT2D eigenvalue weighted by atomic mass is 16.2. The lowest BCUT2D eigenvalue weighted by atomic mass is 9.81. The molecule has 1 saturated carbocycles. The van der Waals surface area contributed by atoms with Crippen molar-refractivity contribution < 1.29 is 9.59 Å². The average Bonchev–Trinajstić information content (AvgIpc) is 2.99. The number of rotatable bonds is 2. The number of H-pyrrole nitrogens is 1. The fourth-order valence-electron chi connectivity index (χ4n) is 3.21. The van der Waals surface area contributed by atoms with Crippen LogP contribution in [0, 0.1) is 11.8 Å². The first-order valence-corrected chi connectivity index (χ1v) is 6.55. The topological polar surface area (TPSA) is 66.1 Å². The molecule has 1 saturated heterocycles. The average molecular weight is 247 g/mol. The molecule has 3 rings (SSSR count). The highest BCUT2D eigenvalue weighted by Gasteiger charge is 2.49. The molecule has 0 bridgehead atoms. The van der Waals surface area contributed by atoms with E-state index in [1.54, 1.807) is 12.4 Å². The Morgan fingerprint density at radius 2 is 1.89 bits per heavy atom. The van der Waals surface area contributed by atoms with Gasteiger partial charge in [-0.05, 0) is 19.8 Å². The van der Waals surface area contributed by atoms with Crippen LogP contribution in [-0.2, 0) is 9.59 Å². The van der Waals surface area contributed by atoms with Crippen LogP contribution in [0.2, 0.25) is 0 Å². The summed E-state index contributed by atoms with van der Waals surface area (Å²) in [7, 11) is 0. The van der Waals surface area contributed by atoms with Crippen molar-refractivity contribution in [1.29, 1.82) is 0 Å². The molecule has 1 aliphatic heterocycles. The van der Waals surface area contributed by atoms with E-state index in [2.05, 4.69) is 10.2 Å². The summed E-state index contributed by atoms with van der Waals surface area (Å²) in [6.07, 6.45) is 7.27. The van der Waals surface area contributed by atoms with Crippen molar-refractivity contribution in [2.24, 2.45) is 11.8 Å². The smallest absolute Gasteiger partial charge is 0.233 e. The maximum absolute atomic E-state index is 12.4. The number of fused-ring (bicyclic) bond motifs is 1. The van der Waals surface area contributed by atoms with Gasteiger partial charge < -0.3 is 0 Å². The largest absolute Gasteiger partial charge is 0.285 e. The summed E-state index contributed by atoms with van der Waals surface area (Å²) < 4.78 is 0. The van der Waals surface area contributed by atoms with Gasteiger partial charge in [-0.25, -0.2) is 0 Å². The molecule has 1 aromatic heterocycles. The molecule has 2 fully saturated rings. The quantitative estimate of drug-likeness (QED) is 0.808. The molecule has 2 aliphatic rings. The van der Waals surface area contributed by atoms with Crippen molar-refractivity contribution in [2.45, 2.75) is 38.6 Å². The molecule has 3 atom stereocenters. The van der Waals surface area contributed by atoms with E-state index < -0.39 is 0 Å². The van der Waals surface area contributed by atoms with Crippen molar-refractivity contribution in [2.75, 3.05) is 0 Å². The summed E-state index contributed by atoms with van der Waals surface area (Å²) in [5, 5.41) is 6.61. The van der Waals surface area contributed by atoms with E-state index in [-0.39, 0.29) is 29.7 Å². The van der Waals surface area contributed by atoms with Gasteiger partial charge >= 0.3 is 0 Å². The number of nitrogens with one attached hydrogen (secondary N) is 1. The van der Waals surface area contributed by atoms with Crippen LogP contribution >= 0.6 is 0 Å². The van der Waals surface area contributed by atoms with Crippen LogP contribution < -0.4 is 0 Å². The number of aromatic nitrogens is 2. The maximum Gasteiger partial charge on any atom is 0.233 e. The molecule has 2 amide bonds. The SMILES string of the molecule is CC(c1cn[nH]c1)N1C(=O)C2CCCCC2C1=O. The second kappa shape index (κ2) is 4.23. The van der Waals surface area contributed by atoms with Gasteiger partial charge in [0.2, 0.25) is 11.8 Å². The zero-order valence-electron chi connectivity index (χ0n) is 10.4. The number of nitrogens with zero attached hydrogens (tertiary/aromatic N) is 2. The van der Waals surface area contributed by atoms with E-state index in [1.165, 1.54) is 4.90 Å². The van der Waals surface area contributed by atoms with Crippen LogP contribution in [0.15, 0.2) is 12.4 Å². The number of likely N-dealkylation sites (tertiary alicyclic amines) is 1. The highest BCUT2D eigenvalue weighted by molar-refractivity contribution is 6.05. The Morgan fingerprint density at radius 3 is 2.39 bits per heavy atom. The number of carbonyl (C=O) groups is 2. The molecular weight excluding hydrogens is 230 g/mol. The molecule has 1 N–H and O–H groups in total. The molecule has 3 unspecified atom stereocenters. The van der Waals surface area contributed by atoms with Gasteiger partial charge in [-0.3, -0.25) is 19.6 Å². The second-order valence-electron chi connectivity index (χ2n) is 5.25. The molecule has 96 valence electrons. The summed E-state index contributed by atoms with van der Waals surface area (Å²) in [6.45, 7) is 1.89. The Kier molecular flexibility index (Phi) is 2.69. The molecule has 1 aromatic rings. The fourth-order valence-corrected chi connectivity index (χ4v) is 3.21. The molecule has 5 nitrogen and oxygen atoms in total. The lowest BCUT2D eigenvalue weighted by Crippen LogP contribution is -2.33. The van der Waals surface area contributed by atoms with E-state index >= 15 is 0 Å². The normalized spacial score (nSPS) is 29.5. The van der Waals surface area contributed by atoms with Gasteiger partial charge in [0, 0.05) is 11.8 Å². The van der Waals surface area contributed by atoms with Crippen molar-refractivity contribution in [3.63, 3.8) is 0 Å². The Morgan fingerprint density at radius 1 is 1.28 bits per heavy atom. The number of amides is 2. The van der Waals surface area contributed by atoms with Crippen LogP contribution in [0.1, 0.15) is 44.2 Å². The lowest BCUT2D eigenvalue weighted by molar-refractivity contribution is -0.142. The number of aromatic amines is 1. The Balaban J connectivity index is 1.88. The summed E-state index contributed by atoms with van der Waals surface area (Å²) in [5.41, 5.74) is 0.885. The predicted octanol–water partition coefficient (Wildman–Crippen LogP) is 1.65. The van der Waals surface area contributed by atoms with E-state index in [1.807, 2.05) is 6.92 Å². The predicted molar refractivity (Wildman–Crippen MR) is 64.3 cm³/mol. The third-order valence-corrected chi connectivity index (χ3v) is 4.26. The van der Waals surface area contributed by atoms with Crippen LogP contribution in [0.4, 0.5) is 0 Å². The van der Waals surface area contributed by atoms with Crippen LogP contribution in [-0.4, -0.2) is 26.9 Å². The summed E-state index contributed by atoms with van der Waals surface area (Å²) in [6, 6.07) is -0.214. The van der Waals surface area contributed by atoms with Gasteiger partial charge in [-0.15, -0.1) is 0 Å². The summed E-state index contributed by atoms with van der Waals surface area (Å²) >= 11 is 0. The first-order chi connectivity index (χ1) is 8.70. The number of hydrogen-bond donors (Lipinski definition) is 1. The standard InChI is InChI=1S/C13H17N3O2/c1-8(9-6-14-15-7-9)16-12(17)10-4-2-3-5-11(10)13(16)18/h6-8,10-11H,2-5H2,1H3,(H,14,15).